The molecule has 2 rings (SSSR count). The van der Waals surface area contributed by atoms with Crippen LogP contribution in [-0.4, -0.2) is 38.1 Å². The van der Waals surface area contributed by atoms with Gasteiger partial charge in [0.25, 0.3) is 0 Å². The second-order valence-corrected chi connectivity index (χ2v) is 7.26. The molecule has 1 N–H and O–H groups in total. The van der Waals surface area contributed by atoms with Gasteiger partial charge in [-0.25, -0.2) is 4.79 Å². The number of carbonyl (C=O) groups is 2. The van der Waals surface area contributed by atoms with Gasteiger partial charge in [0.1, 0.15) is 0 Å². The van der Waals surface area contributed by atoms with E-state index in [-0.39, 0.29) is 18.6 Å². The molecule has 29 heavy (non-hydrogen) atoms. The Morgan fingerprint density at radius 2 is 1.86 bits per heavy atom. The summed E-state index contributed by atoms with van der Waals surface area (Å²) in [6.07, 6.45) is 9.41. The lowest BCUT2D eigenvalue weighted by molar-refractivity contribution is -0.153. The Morgan fingerprint density at radius 1 is 1.10 bits per heavy atom. The highest BCUT2D eigenvalue weighted by Crippen LogP contribution is 2.22. The number of allylic oxidation sites excluding steroid dienone is 4. The molecule has 1 aliphatic rings. The van der Waals surface area contributed by atoms with E-state index in [1.54, 1.807) is 13.8 Å². The number of esters is 1. The van der Waals surface area contributed by atoms with Crippen LogP contribution < -0.4 is 5.32 Å². The highest BCUT2D eigenvalue weighted by molar-refractivity contribution is 5.74. The van der Waals surface area contributed by atoms with Crippen LogP contribution in [0.5, 0.6) is 0 Å². The predicted octanol–water partition coefficient (Wildman–Crippen LogP) is 4.39. The number of benzene rings is 1. The summed E-state index contributed by atoms with van der Waals surface area (Å²) < 4.78 is 14.4. The molecule has 0 aromatic heterocycles. The Kier molecular flexibility index (Phi) is 9.44. The summed E-state index contributed by atoms with van der Waals surface area (Å²) in [5.41, 5.74) is 3.71. The molecule has 0 saturated heterocycles. The second-order valence-electron chi connectivity index (χ2n) is 7.26. The Morgan fingerprint density at radius 3 is 2.48 bits per heavy atom. The van der Waals surface area contributed by atoms with Gasteiger partial charge in [0.15, 0.2) is 0 Å². The van der Waals surface area contributed by atoms with Crippen molar-refractivity contribution < 1.29 is 23.8 Å². The van der Waals surface area contributed by atoms with Gasteiger partial charge in [-0.05, 0) is 63.3 Å². The van der Waals surface area contributed by atoms with Gasteiger partial charge in [-0.1, -0.05) is 42.5 Å². The van der Waals surface area contributed by atoms with Crippen LogP contribution in [0.3, 0.4) is 0 Å². The average molecular weight is 402 g/mol. The van der Waals surface area contributed by atoms with Crippen LogP contribution >= 0.6 is 0 Å². The number of likely N-dealkylation sites (N-methyl/N-ethyl adjacent to an activating group) is 1. The summed E-state index contributed by atoms with van der Waals surface area (Å²) in [5.74, 6) is -0.408. The number of ether oxygens (including phenoxy) is 3. The Hall–Kier alpha value is -2.60. The molecule has 1 atom stereocenters. The monoisotopic (exact) mass is 401 g/mol. The van der Waals surface area contributed by atoms with E-state index in [1.807, 2.05) is 7.05 Å². The average Bonchev–Trinajstić information content (AvgIpc) is 2.71. The van der Waals surface area contributed by atoms with Gasteiger partial charge in [-0.15, -0.1) is 0 Å². The van der Waals surface area contributed by atoms with Gasteiger partial charge in [0.2, 0.25) is 6.79 Å². The third-order valence-corrected chi connectivity index (χ3v) is 4.60. The maximum Gasteiger partial charge on any atom is 0.511 e. The van der Waals surface area contributed by atoms with Crippen LogP contribution in [0.2, 0.25) is 0 Å². The fraction of sp³-hybridized carbons (Fsp3) is 0.478. The first kappa shape index (κ1) is 22.7. The minimum Gasteiger partial charge on any atom is -0.431 e. The van der Waals surface area contributed by atoms with Crippen molar-refractivity contribution in [1.29, 1.82) is 0 Å². The zero-order valence-electron chi connectivity index (χ0n) is 17.5. The summed E-state index contributed by atoms with van der Waals surface area (Å²) in [7, 11) is 1.88. The molecule has 6 heteroatoms. The normalized spacial score (nSPS) is 14.3. The topological polar surface area (TPSA) is 73.9 Å². The fourth-order valence-electron chi connectivity index (χ4n) is 3.03. The van der Waals surface area contributed by atoms with E-state index in [1.165, 1.54) is 16.7 Å². The highest BCUT2D eigenvalue weighted by Gasteiger charge is 2.13. The summed E-state index contributed by atoms with van der Waals surface area (Å²) >= 11 is 0. The molecule has 1 aromatic carbocycles. The van der Waals surface area contributed by atoms with Crippen molar-refractivity contribution in [1.82, 2.24) is 5.32 Å². The highest BCUT2D eigenvalue weighted by atomic mass is 16.8. The molecule has 0 bridgehead atoms. The van der Waals surface area contributed by atoms with E-state index in [2.05, 4.69) is 52.5 Å². The van der Waals surface area contributed by atoms with Crippen molar-refractivity contribution in [2.45, 2.75) is 58.1 Å². The van der Waals surface area contributed by atoms with Crippen LogP contribution in [0.1, 0.15) is 50.7 Å². The fourth-order valence-corrected chi connectivity index (χ4v) is 3.03. The van der Waals surface area contributed by atoms with Crippen molar-refractivity contribution >= 4 is 17.7 Å². The molecule has 0 aliphatic heterocycles. The van der Waals surface area contributed by atoms with Crippen molar-refractivity contribution in [3.05, 3.63) is 53.6 Å². The summed E-state index contributed by atoms with van der Waals surface area (Å²) in [6, 6.07) is 8.70. The molecule has 158 valence electrons. The van der Waals surface area contributed by atoms with E-state index in [4.69, 9.17) is 9.47 Å². The molecule has 0 radical (unpaired) electrons. The largest absolute Gasteiger partial charge is 0.511 e. The minimum absolute atomic E-state index is 0.147. The molecule has 0 spiro atoms. The minimum atomic E-state index is -0.844. The maximum absolute atomic E-state index is 11.8. The van der Waals surface area contributed by atoms with E-state index < -0.39 is 18.9 Å². The van der Waals surface area contributed by atoms with Crippen molar-refractivity contribution in [2.24, 2.45) is 0 Å². The van der Waals surface area contributed by atoms with Crippen LogP contribution in [0.15, 0.2) is 42.5 Å². The van der Waals surface area contributed by atoms with Crippen molar-refractivity contribution in [3.8, 4) is 0 Å². The standard InChI is InChI=1S/C23H31NO5/c1-17(2)29-23(26)28-16-27-22(25)14-13-21(24-3)15-18-9-11-20(12-10-18)19-7-5-4-6-8-19/h5,7-12,17,21,24H,4,6,13-16H2,1-3H3. The van der Waals surface area contributed by atoms with Crippen LogP contribution in [0, 0.1) is 0 Å². The van der Waals surface area contributed by atoms with Gasteiger partial charge < -0.3 is 19.5 Å². The van der Waals surface area contributed by atoms with Crippen molar-refractivity contribution in [2.75, 3.05) is 13.8 Å². The number of hydrogen-bond acceptors (Lipinski definition) is 6. The molecular formula is C23H31NO5. The molecule has 6 nitrogen and oxygen atoms in total. The number of nitrogens with one attached hydrogen (secondary N) is 1. The van der Waals surface area contributed by atoms with E-state index in [0.29, 0.717) is 6.42 Å². The number of carbonyl (C=O) groups excluding carboxylic acids is 2. The summed E-state index contributed by atoms with van der Waals surface area (Å²) in [6.45, 7) is 2.99. The summed E-state index contributed by atoms with van der Waals surface area (Å²) in [5, 5.41) is 3.24. The van der Waals surface area contributed by atoms with Crippen LogP contribution in [0.4, 0.5) is 4.79 Å². The molecule has 1 aromatic rings. The lowest BCUT2D eigenvalue weighted by Crippen LogP contribution is -2.28. The van der Waals surface area contributed by atoms with E-state index >= 15 is 0 Å². The molecule has 1 unspecified atom stereocenters. The Balaban J connectivity index is 1.72. The molecule has 0 heterocycles. The number of hydrogen-bond donors (Lipinski definition) is 1. The van der Waals surface area contributed by atoms with E-state index in [0.717, 1.165) is 19.3 Å². The Bertz CT molecular complexity index is 721. The van der Waals surface area contributed by atoms with Gasteiger partial charge in [-0.2, -0.15) is 0 Å². The van der Waals surface area contributed by atoms with Gasteiger partial charge in [-0.3, -0.25) is 4.79 Å². The first-order chi connectivity index (χ1) is 14.0. The first-order valence-corrected chi connectivity index (χ1v) is 10.1. The zero-order valence-corrected chi connectivity index (χ0v) is 17.5. The van der Waals surface area contributed by atoms with E-state index in [9.17, 15) is 9.59 Å². The molecule has 0 fully saturated rings. The lowest BCUT2D eigenvalue weighted by atomic mass is 9.96. The van der Waals surface area contributed by atoms with Gasteiger partial charge >= 0.3 is 12.1 Å². The molecular weight excluding hydrogens is 370 g/mol. The molecule has 0 amide bonds. The molecule has 1 aliphatic carbocycles. The van der Waals surface area contributed by atoms with Gasteiger partial charge in [0, 0.05) is 12.5 Å². The molecule has 0 saturated carbocycles. The smallest absolute Gasteiger partial charge is 0.431 e. The van der Waals surface area contributed by atoms with Gasteiger partial charge in [0.05, 0.1) is 6.10 Å². The SMILES string of the molecule is CNC(CCC(=O)OCOC(=O)OC(C)C)Cc1ccc(C2=CCCC=C2)cc1. The number of rotatable bonds is 10. The third kappa shape index (κ3) is 8.52. The zero-order chi connectivity index (χ0) is 21.1. The summed E-state index contributed by atoms with van der Waals surface area (Å²) in [4.78, 5) is 23.1. The maximum atomic E-state index is 11.8. The van der Waals surface area contributed by atoms with Crippen molar-refractivity contribution in [3.63, 3.8) is 0 Å². The van der Waals surface area contributed by atoms with Crippen LogP contribution in [-0.2, 0) is 25.4 Å². The third-order valence-electron chi connectivity index (χ3n) is 4.60. The Labute approximate surface area is 172 Å². The quantitative estimate of drug-likeness (QED) is 0.463. The predicted molar refractivity (Wildman–Crippen MR) is 112 cm³/mol. The second kappa shape index (κ2) is 12.1. The lowest BCUT2D eigenvalue weighted by Gasteiger charge is -2.16. The van der Waals surface area contributed by atoms with Crippen LogP contribution in [0.25, 0.3) is 5.57 Å². The first-order valence-electron chi connectivity index (χ1n) is 10.1.